The molecule has 0 fully saturated rings. The van der Waals surface area contributed by atoms with Gasteiger partial charge >= 0.3 is 24.1 Å². The van der Waals surface area contributed by atoms with E-state index in [-0.39, 0.29) is 38.2 Å². The van der Waals surface area contributed by atoms with Gasteiger partial charge < -0.3 is 29.4 Å². The summed E-state index contributed by atoms with van der Waals surface area (Å²) >= 11 is 0. The summed E-state index contributed by atoms with van der Waals surface area (Å²) in [5, 5.41) is 12.7. The van der Waals surface area contributed by atoms with Gasteiger partial charge in [0, 0.05) is 28.0 Å². The average molecular weight is 801 g/mol. The zero-order chi connectivity index (χ0) is 41.8. The molecule has 0 aliphatic heterocycles. The van der Waals surface area contributed by atoms with E-state index in [1.807, 2.05) is 60.7 Å². The molecule has 13 heteroatoms. The molecule has 4 aromatic carbocycles. The molecule has 0 heterocycles. The van der Waals surface area contributed by atoms with Crippen LogP contribution in [0.4, 0.5) is 14.0 Å². The minimum Gasteiger partial charge on any atom is -0.489 e. The molecule has 2 atom stereocenters. The topological polar surface area (TPSA) is 141 Å². The average Bonchev–Trinajstić information content (AvgIpc) is 3.15. The molecule has 0 unspecified atom stereocenters. The van der Waals surface area contributed by atoms with Crippen LogP contribution in [0.1, 0.15) is 43.0 Å². The van der Waals surface area contributed by atoms with E-state index in [1.54, 1.807) is 45.0 Å². The maximum absolute atomic E-state index is 15.3. The third kappa shape index (κ3) is 14.4. The number of esters is 1. The number of likely N-dealkylation sites (N-methyl/N-ethyl adjacent to an activating group) is 1. The van der Waals surface area contributed by atoms with Gasteiger partial charge in [-0.05, 0) is 84.5 Å². The van der Waals surface area contributed by atoms with Crippen molar-refractivity contribution >= 4 is 32.2 Å². The molecule has 0 aliphatic rings. The van der Waals surface area contributed by atoms with E-state index in [0.717, 1.165) is 22.1 Å². The molecule has 0 bridgehead atoms. The molecule has 0 radical (unpaired) electrons. The van der Waals surface area contributed by atoms with Crippen LogP contribution in [0.2, 0.25) is 25.7 Å². The Morgan fingerprint density at radius 2 is 1.37 bits per heavy atom. The van der Waals surface area contributed by atoms with Crippen molar-refractivity contribution in [2.75, 3.05) is 13.7 Å². The van der Waals surface area contributed by atoms with Crippen molar-refractivity contribution in [3.63, 3.8) is 0 Å². The van der Waals surface area contributed by atoms with Gasteiger partial charge in [0.25, 0.3) is 0 Å². The summed E-state index contributed by atoms with van der Waals surface area (Å²) < 4.78 is 38.1. The van der Waals surface area contributed by atoms with E-state index in [4.69, 9.17) is 18.9 Å². The van der Waals surface area contributed by atoms with Gasteiger partial charge in [-0.15, -0.1) is 0 Å². The molecule has 2 N–H and O–H groups in total. The summed E-state index contributed by atoms with van der Waals surface area (Å²) in [5.41, 5.74) is 2.56. The number of amides is 2. The van der Waals surface area contributed by atoms with Gasteiger partial charge in [0.2, 0.25) is 0 Å². The largest absolute Gasteiger partial charge is 0.489 e. The minimum absolute atomic E-state index is 0.00577. The summed E-state index contributed by atoms with van der Waals surface area (Å²) in [6.07, 6.45) is -2.04. The highest BCUT2D eigenvalue weighted by Crippen LogP contribution is 2.31. The van der Waals surface area contributed by atoms with Crippen molar-refractivity contribution in [2.45, 2.75) is 90.2 Å². The van der Waals surface area contributed by atoms with Crippen LogP contribution in [-0.2, 0) is 49.9 Å². The van der Waals surface area contributed by atoms with Gasteiger partial charge in [-0.25, -0.2) is 23.6 Å². The number of alkyl carbamates (subject to hydrolysis) is 1. The number of benzene rings is 4. The van der Waals surface area contributed by atoms with E-state index in [2.05, 4.69) is 25.0 Å². The molecule has 11 nitrogen and oxygen atoms in total. The number of carboxylic acids is 1. The number of hydrogen-bond donors (Lipinski definition) is 2. The van der Waals surface area contributed by atoms with Crippen molar-refractivity contribution in [1.29, 1.82) is 0 Å². The van der Waals surface area contributed by atoms with Gasteiger partial charge in [-0.2, -0.15) is 0 Å². The predicted octanol–water partition coefficient (Wildman–Crippen LogP) is 8.65. The zero-order valence-electron chi connectivity index (χ0n) is 33.7. The number of nitrogens with zero attached hydrogens (tertiary/aromatic N) is 1. The van der Waals surface area contributed by atoms with E-state index in [0.29, 0.717) is 22.4 Å². The fourth-order valence-corrected chi connectivity index (χ4v) is 6.36. The lowest BCUT2D eigenvalue weighted by molar-refractivity contribution is -0.145. The SMILES string of the molecule is CN(C(=O)OC(C)(C)C)[C@@H](Cc1cc(-c2ccc(OCc3ccccc3)c(C[C@H](NC(=O)OCc3ccccc3)C(=O)OCC[Si](C)(C)C)c2)ccc1F)C(=O)O. The van der Waals surface area contributed by atoms with E-state index in [1.165, 1.54) is 19.2 Å². The molecule has 304 valence electrons. The van der Waals surface area contributed by atoms with Crippen LogP contribution in [0.3, 0.4) is 0 Å². The number of carboxylic acid groups (broad SMARTS) is 1. The molecule has 57 heavy (non-hydrogen) atoms. The third-order valence-corrected chi connectivity index (χ3v) is 10.5. The molecule has 4 aromatic rings. The number of aliphatic carboxylic acids is 1. The van der Waals surface area contributed by atoms with E-state index in [9.17, 15) is 24.3 Å². The Kier molecular flexibility index (Phi) is 15.4. The Balaban J connectivity index is 1.68. The van der Waals surface area contributed by atoms with Crippen LogP contribution < -0.4 is 10.1 Å². The van der Waals surface area contributed by atoms with Gasteiger partial charge in [0.05, 0.1) is 6.61 Å². The number of halogens is 1. The summed E-state index contributed by atoms with van der Waals surface area (Å²) in [5.74, 6) is -2.17. The van der Waals surface area contributed by atoms with Crippen molar-refractivity contribution in [3.05, 3.63) is 125 Å². The molecular formula is C44H53FN2O9Si. The summed E-state index contributed by atoms with van der Waals surface area (Å²) in [6.45, 7) is 11.9. The Bertz CT molecular complexity index is 1980. The smallest absolute Gasteiger partial charge is 0.410 e. The Labute approximate surface area is 335 Å². The number of hydrogen-bond acceptors (Lipinski definition) is 8. The highest BCUT2D eigenvalue weighted by molar-refractivity contribution is 6.76. The number of nitrogens with one attached hydrogen (secondary N) is 1. The Morgan fingerprint density at radius 3 is 1.95 bits per heavy atom. The van der Waals surface area contributed by atoms with Crippen LogP contribution in [0, 0.1) is 5.82 Å². The first-order valence-corrected chi connectivity index (χ1v) is 22.5. The predicted molar refractivity (Wildman–Crippen MR) is 218 cm³/mol. The van der Waals surface area contributed by atoms with E-state index >= 15 is 4.39 Å². The number of ether oxygens (including phenoxy) is 4. The molecule has 4 rings (SSSR count). The molecule has 0 saturated heterocycles. The standard InChI is InChI=1S/C44H53FN2O9Si/c1-44(2,3)56-43(52)47(4)38(40(48)49)27-34-24-32(18-20-36(34)45)33-19-21-39(54-28-30-14-10-8-11-15-30)35(25-33)26-37(41(50)53-22-23-57(5,6)7)46-42(51)55-29-31-16-12-9-13-17-31/h8-21,24-25,37-38H,22-23,26-29H2,1-7H3,(H,46,51)(H,48,49)/t37-,38-/m0/s1. The van der Waals surface area contributed by atoms with Gasteiger partial charge in [0.1, 0.15) is 42.5 Å². The first-order valence-electron chi connectivity index (χ1n) is 18.8. The van der Waals surface area contributed by atoms with Crippen molar-refractivity contribution in [2.24, 2.45) is 0 Å². The van der Waals surface area contributed by atoms with Gasteiger partial charge in [-0.3, -0.25) is 4.90 Å². The summed E-state index contributed by atoms with van der Waals surface area (Å²) in [7, 11) is -0.255. The quantitative estimate of drug-likeness (QED) is 0.0610. The molecule has 0 aliphatic carbocycles. The minimum atomic E-state index is -1.55. The Morgan fingerprint density at radius 1 is 0.789 bits per heavy atom. The summed E-state index contributed by atoms with van der Waals surface area (Å²) in [4.78, 5) is 52.8. The van der Waals surface area contributed by atoms with Crippen molar-refractivity contribution in [3.8, 4) is 16.9 Å². The third-order valence-electron chi connectivity index (χ3n) is 8.83. The lowest BCUT2D eigenvalue weighted by Gasteiger charge is -2.28. The monoisotopic (exact) mass is 800 g/mol. The first kappa shape index (κ1) is 44.0. The van der Waals surface area contributed by atoms with Gasteiger partial charge in [-0.1, -0.05) is 92.4 Å². The Hall–Kier alpha value is -5.69. The maximum Gasteiger partial charge on any atom is 0.410 e. The highest BCUT2D eigenvalue weighted by Gasteiger charge is 2.31. The van der Waals surface area contributed by atoms with Crippen molar-refractivity contribution in [1.82, 2.24) is 10.2 Å². The zero-order valence-corrected chi connectivity index (χ0v) is 34.7. The first-order chi connectivity index (χ1) is 26.9. The highest BCUT2D eigenvalue weighted by atomic mass is 28.3. The van der Waals surface area contributed by atoms with Crippen LogP contribution in [-0.4, -0.2) is 73.5 Å². The maximum atomic E-state index is 15.3. The van der Waals surface area contributed by atoms with E-state index < -0.39 is 55.7 Å². The lowest BCUT2D eigenvalue weighted by atomic mass is 9.95. The second kappa shape index (κ2) is 19.9. The number of carbonyl (C=O) groups excluding carboxylic acids is 3. The molecule has 2 amide bonds. The number of carbonyl (C=O) groups is 4. The fourth-order valence-electron chi connectivity index (χ4n) is 5.64. The van der Waals surface area contributed by atoms with Crippen LogP contribution in [0.15, 0.2) is 97.1 Å². The fraction of sp³-hybridized carbons (Fsp3) is 0.364. The molecular weight excluding hydrogens is 748 g/mol. The second-order valence-corrected chi connectivity index (χ2v) is 21.6. The second-order valence-electron chi connectivity index (χ2n) is 16.0. The summed E-state index contributed by atoms with van der Waals surface area (Å²) in [6, 6.07) is 26.4. The molecule has 0 saturated carbocycles. The molecule has 0 spiro atoms. The van der Waals surface area contributed by atoms with Crippen molar-refractivity contribution < 1.29 is 47.6 Å². The van der Waals surface area contributed by atoms with Crippen LogP contribution in [0.5, 0.6) is 5.75 Å². The number of rotatable bonds is 17. The molecule has 0 aromatic heterocycles. The lowest BCUT2D eigenvalue weighted by Crippen LogP contribution is -2.46. The van der Waals surface area contributed by atoms with Gasteiger partial charge in [0.15, 0.2) is 0 Å². The normalized spacial score (nSPS) is 12.5. The van der Waals surface area contributed by atoms with Crippen LogP contribution in [0.25, 0.3) is 11.1 Å². The van der Waals surface area contributed by atoms with Crippen LogP contribution >= 0.6 is 0 Å².